The number of halogens is 3. The van der Waals surface area contributed by atoms with Crippen LogP contribution in [-0.4, -0.2) is 24.7 Å². The van der Waals surface area contributed by atoms with E-state index in [4.69, 9.17) is 0 Å². The van der Waals surface area contributed by atoms with Gasteiger partial charge in [-0.25, -0.2) is 13.2 Å². The van der Waals surface area contributed by atoms with E-state index >= 15 is 0 Å². The first kappa shape index (κ1) is 19.4. The van der Waals surface area contributed by atoms with Crippen molar-refractivity contribution in [1.82, 2.24) is 10.6 Å². The summed E-state index contributed by atoms with van der Waals surface area (Å²) >= 11 is 0. The van der Waals surface area contributed by atoms with Crippen molar-refractivity contribution in [2.45, 2.75) is 44.4 Å². The highest BCUT2D eigenvalue weighted by Crippen LogP contribution is 2.29. The summed E-state index contributed by atoms with van der Waals surface area (Å²) in [6.07, 6.45) is -0.987. The Morgan fingerprint density at radius 3 is 2.26 bits per heavy atom. The first-order chi connectivity index (χ1) is 12.9. The summed E-state index contributed by atoms with van der Waals surface area (Å²) in [6.45, 7) is 3.56. The maximum atomic E-state index is 14.5. The number of rotatable bonds is 5. The first-order valence-corrected chi connectivity index (χ1v) is 9.08. The minimum Gasteiger partial charge on any atom is -0.344 e. The summed E-state index contributed by atoms with van der Waals surface area (Å²) in [4.78, 5) is 12.6. The van der Waals surface area contributed by atoms with Crippen molar-refractivity contribution < 1.29 is 18.0 Å². The number of carbonyl (C=O) groups excluding carboxylic acids is 1. The van der Waals surface area contributed by atoms with Crippen molar-refractivity contribution in [2.75, 3.05) is 6.54 Å². The molecule has 3 rings (SSSR count). The van der Waals surface area contributed by atoms with Gasteiger partial charge in [0.2, 0.25) is 5.91 Å². The number of hydrogen-bond donors (Lipinski definition) is 2. The molecule has 0 radical (unpaired) electrons. The van der Waals surface area contributed by atoms with Gasteiger partial charge in [-0.2, -0.15) is 0 Å². The fraction of sp³-hybridized carbons (Fsp3) is 0.381. The molecule has 27 heavy (non-hydrogen) atoms. The molecule has 0 aromatic heterocycles. The molecular weight excluding hydrogens is 353 g/mol. The second-order valence-electron chi connectivity index (χ2n) is 7.20. The molecule has 6 heteroatoms. The van der Waals surface area contributed by atoms with Crippen molar-refractivity contribution in [2.24, 2.45) is 0 Å². The Kier molecular flexibility index (Phi) is 5.85. The van der Waals surface area contributed by atoms with Crippen molar-refractivity contribution in [3.05, 3.63) is 70.8 Å². The molecule has 3 nitrogen and oxygen atoms in total. The smallest absolute Gasteiger partial charge is 0.237 e. The van der Waals surface area contributed by atoms with E-state index in [1.807, 2.05) is 6.07 Å². The van der Waals surface area contributed by atoms with Crippen LogP contribution in [0, 0.1) is 11.6 Å². The molecule has 2 aromatic carbocycles. The van der Waals surface area contributed by atoms with Gasteiger partial charge in [0.1, 0.15) is 17.8 Å². The number of hydrogen-bond acceptors (Lipinski definition) is 2. The standard InChI is InChI=1S/C21H23F3N2O/c1-12(2)19-16(23)8-14(9-17(19)24)20(13-6-4-3-5-7-13)26-21(27)18-10-15(22)11-25-18/h3-9,12,15,18,20,25H,10-11H2,1-2H3,(H,26,27)/t15-,18+,20+/m1/s1. The number of alkyl halides is 1. The highest BCUT2D eigenvalue weighted by atomic mass is 19.1. The average Bonchev–Trinajstić information content (AvgIpc) is 3.06. The largest absolute Gasteiger partial charge is 0.344 e. The van der Waals surface area contributed by atoms with E-state index in [9.17, 15) is 18.0 Å². The van der Waals surface area contributed by atoms with Crippen molar-refractivity contribution in [3.8, 4) is 0 Å². The third kappa shape index (κ3) is 4.33. The van der Waals surface area contributed by atoms with Gasteiger partial charge in [-0.15, -0.1) is 0 Å². The number of benzene rings is 2. The van der Waals surface area contributed by atoms with Crippen molar-refractivity contribution in [3.63, 3.8) is 0 Å². The van der Waals surface area contributed by atoms with Crippen LogP contribution in [0.25, 0.3) is 0 Å². The van der Waals surface area contributed by atoms with Crippen LogP contribution in [0.5, 0.6) is 0 Å². The molecule has 1 fully saturated rings. The molecule has 2 aromatic rings. The zero-order chi connectivity index (χ0) is 19.6. The monoisotopic (exact) mass is 376 g/mol. The molecule has 2 N–H and O–H groups in total. The Balaban J connectivity index is 1.95. The first-order valence-electron chi connectivity index (χ1n) is 9.08. The molecule has 1 amide bonds. The summed E-state index contributed by atoms with van der Waals surface area (Å²) in [6, 6.07) is 10.1. The topological polar surface area (TPSA) is 41.1 Å². The van der Waals surface area contributed by atoms with E-state index < -0.39 is 35.8 Å². The zero-order valence-corrected chi connectivity index (χ0v) is 15.3. The molecule has 0 spiro atoms. The summed E-state index contributed by atoms with van der Waals surface area (Å²) in [5, 5.41) is 5.64. The lowest BCUT2D eigenvalue weighted by Crippen LogP contribution is -2.42. The van der Waals surface area contributed by atoms with Gasteiger partial charge < -0.3 is 10.6 Å². The van der Waals surface area contributed by atoms with E-state index in [1.165, 1.54) is 12.1 Å². The molecule has 0 bridgehead atoms. The van der Waals surface area contributed by atoms with Gasteiger partial charge in [0.15, 0.2) is 0 Å². The molecule has 0 aliphatic carbocycles. The van der Waals surface area contributed by atoms with E-state index in [-0.39, 0.29) is 24.4 Å². The molecule has 1 aliphatic heterocycles. The predicted octanol–water partition coefficient (Wildman–Crippen LogP) is 3.99. The number of carbonyl (C=O) groups is 1. The van der Waals surface area contributed by atoms with E-state index in [0.29, 0.717) is 11.1 Å². The number of nitrogens with one attached hydrogen (secondary N) is 2. The van der Waals surface area contributed by atoms with Gasteiger partial charge in [0.25, 0.3) is 0 Å². The Hall–Kier alpha value is -2.34. The van der Waals surface area contributed by atoms with Crippen LogP contribution in [0.15, 0.2) is 42.5 Å². The summed E-state index contributed by atoms with van der Waals surface area (Å²) in [7, 11) is 0. The van der Waals surface area contributed by atoms with E-state index in [1.54, 1.807) is 38.1 Å². The fourth-order valence-corrected chi connectivity index (χ4v) is 3.46. The van der Waals surface area contributed by atoms with Crippen molar-refractivity contribution >= 4 is 5.91 Å². The minimum absolute atomic E-state index is 0.0228. The highest BCUT2D eigenvalue weighted by Gasteiger charge is 2.31. The van der Waals surface area contributed by atoms with Crippen LogP contribution in [0.2, 0.25) is 0 Å². The Labute approximate surface area is 157 Å². The van der Waals surface area contributed by atoms with Gasteiger partial charge in [0, 0.05) is 18.5 Å². The molecule has 1 saturated heterocycles. The van der Waals surface area contributed by atoms with Crippen LogP contribution in [0.1, 0.15) is 48.9 Å². The van der Waals surface area contributed by atoms with Gasteiger partial charge in [0.05, 0.1) is 12.1 Å². The molecule has 1 heterocycles. The van der Waals surface area contributed by atoms with Gasteiger partial charge >= 0.3 is 0 Å². The van der Waals surface area contributed by atoms with Crippen LogP contribution in [0.3, 0.4) is 0 Å². The summed E-state index contributed by atoms with van der Waals surface area (Å²) in [5.41, 5.74) is 1.02. The third-order valence-electron chi connectivity index (χ3n) is 4.83. The number of amides is 1. The lowest BCUT2D eigenvalue weighted by Gasteiger charge is -2.23. The van der Waals surface area contributed by atoms with Crippen LogP contribution < -0.4 is 10.6 Å². The molecule has 0 saturated carbocycles. The van der Waals surface area contributed by atoms with Crippen LogP contribution in [-0.2, 0) is 4.79 Å². The maximum Gasteiger partial charge on any atom is 0.237 e. The van der Waals surface area contributed by atoms with E-state index in [2.05, 4.69) is 10.6 Å². The van der Waals surface area contributed by atoms with Crippen LogP contribution >= 0.6 is 0 Å². The lowest BCUT2D eigenvalue weighted by atomic mass is 9.94. The van der Waals surface area contributed by atoms with Gasteiger partial charge in [-0.1, -0.05) is 44.2 Å². The van der Waals surface area contributed by atoms with Crippen LogP contribution in [0.4, 0.5) is 13.2 Å². The summed E-state index contributed by atoms with van der Waals surface area (Å²) < 4.78 is 42.4. The third-order valence-corrected chi connectivity index (χ3v) is 4.83. The van der Waals surface area contributed by atoms with Gasteiger partial charge in [-0.3, -0.25) is 4.79 Å². The molecule has 3 atom stereocenters. The van der Waals surface area contributed by atoms with E-state index in [0.717, 1.165) is 0 Å². The van der Waals surface area contributed by atoms with Crippen molar-refractivity contribution in [1.29, 1.82) is 0 Å². The Bertz CT molecular complexity index is 787. The Morgan fingerprint density at radius 2 is 1.74 bits per heavy atom. The fourth-order valence-electron chi connectivity index (χ4n) is 3.46. The van der Waals surface area contributed by atoms with Gasteiger partial charge in [-0.05, 0) is 29.2 Å². The Morgan fingerprint density at radius 1 is 1.11 bits per heavy atom. The summed E-state index contributed by atoms with van der Waals surface area (Å²) in [5.74, 6) is -1.97. The lowest BCUT2D eigenvalue weighted by molar-refractivity contribution is -0.123. The quantitative estimate of drug-likeness (QED) is 0.828. The second-order valence-corrected chi connectivity index (χ2v) is 7.20. The maximum absolute atomic E-state index is 14.5. The minimum atomic E-state index is -1.07. The SMILES string of the molecule is CC(C)c1c(F)cc([C@@H](NC(=O)[C@@H]2C[C@@H](F)CN2)c2ccccc2)cc1F. The normalized spacial score (nSPS) is 20.7. The highest BCUT2D eigenvalue weighted by molar-refractivity contribution is 5.83. The molecular formula is C21H23F3N2O. The predicted molar refractivity (Wildman–Crippen MR) is 98.2 cm³/mol. The molecule has 0 unspecified atom stereocenters. The second kappa shape index (κ2) is 8.13. The molecule has 1 aliphatic rings. The molecule has 144 valence electrons. The average molecular weight is 376 g/mol. The zero-order valence-electron chi connectivity index (χ0n) is 15.3.